The number of anilines is 4. The van der Waals surface area contributed by atoms with E-state index in [4.69, 9.17) is 34.8 Å². The molecule has 3 heterocycles. The highest BCUT2D eigenvalue weighted by atomic mass is 35.5. The van der Waals surface area contributed by atoms with Crippen molar-refractivity contribution in [1.29, 1.82) is 0 Å². The molecule has 2 aliphatic rings. The number of nitrogens with one attached hydrogen (secondary N) is 2. The molecule has 232 valence electrons. The van der Waals surface area contributed by atoms with Gasteiger partial charge in [-0.25, -0.2) is 4.98 Å². The second-order valence-electron chi connectivity index (χ2n) is 11.3. The van der Waals surface area contributed by atoms with Gasteiger partial charge in [0.15, 0.2) is 0 Å². The van der Waals surface area contributed by atoms with Crippen LogP contribution in [0.1, 0.15) is 32.3 Å². The topological polar surface area (TPSA) is 80.8 Å². The Balaban J connectivity index is 1.18. The Labute approximate surface area is 262 Å². The zero-order chi connectivity index (χ0) is 31.1. The van der Waals surface area contributed by atoms with Crippen LogP contribution < -0.4 is 26.4 Å². The van der Waals surface area contributed by atoms with Gasteiger partial charge in [-0.15, -0.1) is 0 Å². The van der Waals surface area contributed by atoms with Gasteiger partial charge in [0.05, 0.1) is 27.0 Å². The minimum absolute atomic E-state index is 0.126. The number of aromatic nitrogens is 1. The summed E-state index contributed by atoms with van der Waals surface area (Å²) in [5.74, 6) is 0.586. The number of pyridine rings is 1. The van der Waals surface area contributed by atoms with Crippen LogP contribution >= 0.6 is 34.8 Å². The van der Waals surface area contributed by atoms with E-state index in [1.807, 2.05) is 23.5 Å². The number of halogens is 6. The van der Waals surface area contributed by atoms with Gasteiger partial charge in [0.25, 0.3) is 10.9 Å². The fourth-order valence-corrected chi connectivity index (χ4v) is 6.58. The Morgan fingerprint density at radius 3 is 2.28 bits per heavy atom. The monoisotopic (exact) mass is 658 g/mol. The van der Waals surface area contributed by atoms with E-state index >= 15 is 0 Å². The van der Waals surface area contributed by atoms with Crippen LogP contribution in [0.2, 0.25) is 15.1 Å². The van der Waals surface area contributed by atoms with Gasteiger partial charge < -0.3 is 15.5 Å². The van der Waals surface area contributed by atoms with Crippen LogP contribution in [-0.2, 0) is 6.54 Å². The molecule has 0 spiro atoms. The van der Waals surface area contributed by atoms with Crippen LogP contribution in [0.3, 0.4) is 0 Å². The number of rotatable bonds is 8. The van der Waals surface area contributed by atoms with E-state index in [0.717, 1.165) is 44.6 Å². The number of piperidine rings is 1. The van der Waals surface area contributed by atoms with Crippen molar-refractivity contribution in [3.63, 3.8) is 0 Å². The van der Waals surface area contributed by atoms with Gasteiger partial charge in [-0.05, 0) is 63.5 Å². The molecule has 0 bridgehead atoms. The minimum atomic E-state index is -4.54. The van der Waals surface area contributed by atoms with Gasteiger partial charge in [0.1, 0.15) is 23.7 Å². The van der Waals surface area contributed by atoms with Crippen LogP contribution in [0.4, 0.5) is 36.1 Å². The van der Waals surface area contributed by atoms with E-state index in [0.29, 0.717) is 39.2 Å². The van der Waals surface area contributed by atoms with Crippen molar-refractivity contribution in [3.05, 3.63) is 71.5 Å². The van der Waals surface area contributed by atoms with Gasteiger partial charge >= 0.3 is 6.18 Å². The smallest absolute Gasteiger partial charge is 0.371 e. The first-order chi connectivity index (χ1) is 20.3. The average molecular weight is 660 g/mol. The molecule has 1 aromatic heterocycles. The molecule has 2 aromatic carbocycles. The molecule has 2 aliphatic heterocycles. The predicted molar refractivity (Wildman–Crippen MR) is 166 cm³/mol. The Bertz CT molecular complexity index is 1540. The first-order valence-electron chi connectivity index (χ1n) is 14.1. The Hall–Kier alpha value is -2.57. The lowest BCUT2D eigenvalue weighted by Gasteiger charge is -2.49. The molecule has 5 rings (SSSR count). The Morgan fingerprint density at radius 1 is 0.930 bits per heavy atom. The summed E-state index contributed by atoms with van der Waals surface area (Å²) < 4.78 is 37.7. The number of benzene rings is 1. The fraction of sp³-hybridized carbons (Fsp3) is 0.483. The van der Waals surface area contributed by atoms with E-state index in [-0.39, 0.29) is 17.8 Å². The molecule has 8 nitrogen and oxygen atoms in total. The van der Waals surface area contributed by atoms with Crippen molar-refractivity contribution < 1.29 is 13.2 Å². The van der Waals surface area contributed by atoms with Crippen LogP contribution in [0, 0.1) is 0 Å². The van der Waals surface area contributed by atoms with E-state index in [1.165, 1.54) is 6.20 Å². The number of likely N-dealkylation sites (tertiary alicyclic amines) is 1. The molecular weight excluding hydrogens is 628 g/mol. The van der Waals surface area contributed by atoms with Crippen molar-refractivity contribution in [2.75, 3.05) is 48.3 Å². The van der Waals surface area contributed by atoms with Crippen LogP contribution in [-0.4, -0.2) is 71.8 Å². The summed E-state index contributed by atoms with van der Waals surface area (Å²) >= 11 is 18.9. The predicted octanol–water partition coefficient (Wildman–Crippen LogP) is 5.92. The number of alkyl halides is 3. The molecule has 2 N–H and O–H groups in total. The summed E-state index contributed by atoms with van der Waals surface area (Å²) in [7, 11) is 0. The zero-order valence-corrected chi connectivity index (χ0v) is 25.9. The van der Waals surface area contributed by atoms with Crippen molar-refractivity contribution in [3.8, 4) is 0 Å². The fourth-order valence-electron chi connectivity index (χ4n) is 5.99. The van der Waals surface area contributed by atoms with E-state index < -0.39 is 29.3 Å². The molecule has 2 saturated heterocycles. The van der Waals surface area contributed by atoms with Gasteiger partial charge in [-0.2, -0.15) is 13.2 Å². The molecule has 43 heavy (non-hydrogen) atoms. The normalized spacial score (nSPS) is 21.0. The molecule has 0 amide bonds. The summed E-state index contributed by atoms with van der Waals surface area (Å²) in [6.07, 6.45) is -0.950. The number of piperazine rings is 1. The SMILES string of the molecule is C[C@@H]1CN(c2ncc(Nc3c(NCC(F)(F)F)c(=O)c3=O)cc2Cl)[C@@H](C)CN1C1CCN(Cc2ccc(Cl)c(Cl)c2)CC1. The molecular formula is C29H32Cl3F3N6O2. The highest BCUT2D eigenvalue weighted by Gasteiger charge is 2.36. The van der Waals surface area contributed by atoms with Gasteiger partial charge in [-0.1, -0.05) is 40.9 Å². The number of nitrogens with zero attached hydrogens (tertiary/aromatic N) is 4. The number of hydrogen-bond donors (Lipinski definition) is 2. The van der Waals surface area contributed by atoms with Gasteiger partial charge in [0, 0.05) is 37.8 Å². The molecule has 2 atom stereocenters. The maximum Gasteiger partial charge on any atom is 0.405 e. The first kappa shape index (κ1) is 31.8. The zero-order valence-electron chi connectivity index (χ0n) is 23.6. The minimum Gasteiger partial charge on any atom is -0.371 e. The second kappa shape index (κ2) is 12.8. The van der Waals surface area contributed by atoms with E-state index in [1.54, 1.807) is 6.07 Å². The van der Waals surface area contributed by atoms with Crippen LogP contribution in [0.25, 0.3) is 0 Å². The van der Waals surface area contributed by atoms with Crippen LogP contribution in [0.5, 0.6) is 0 Å². The van der Waals surface area contributed by atoms with Gasteiger partial charge in [-0.3, -0.25) is 19.4 Å². The molecule has 0 saturated carbocycles. The second-order valence-corrected chi connectivity index (χ2v) is 12.6. The lowest BCUT2D eigenvalue weighted by molar-refractivity contribution is -0.115. The molecule has 0 radical (unpaired) electrons. The first-order valence-corrected chi connectivity index (χ1v) is 15.2. The number of hydrogen-bond acceptors (Lipinski definition) is 8. The summed E-state index contributed by atoms with van der Waals surface area (Å²) in [5.41, 5.74) is -1.09. The highest BCUT2D eigenvalue weighted by Crippen LogP contribution is 2.33. The summed E-state index contributed by atoms with van der Waals surface area (Å²) in [6.45, 7) is 7.28. The third-order valence-corrected chi connectivity index (χ3v) is 9.21. The molecule has 0 aliphatic carbocycles. The van der Waals surface area contributed by atoms with Gasteiger partial charge in [0.2, 0.25) is 0 Å². The van der Waals surface area contributed by atoms with E-state index in [9.17, 15) is 22.8 Å². The molecule has 0 unspecified atom stereocenters. The molecule has 14 heteroatoms. The maximum atomic E-state index is 12.6. The summed E-state index contributed by atoms with van der Waals surface area (Å²) in [6, 6.07) is 8.19. The van der Waals surface area contributed by atoms with Crippen LogP contribution in [0.15, 0.2) is 40.1 Å². The van der Waals surface area contributed by atoms with Crippen molar-refractivity contribution in [1.82, 2.24) is 14.8 Å². The highest BCUT2D eigenvalue weighted by molar-refractivity contribution is 6.42. The lowest BCUT2D eigenvalue weighted by atomic mass is 9.97. The quantitative estimate of drug-likeness (QED) is 0.289. The largest absolute Gasteiger partial charge is 0.405 e. The maximum absolute atomic E-state index is 12.6. The Morgan fingerprint density at radius 2 is 1.63 bits per heavy atom. The average Bonchev–Trinajstić information content (AvgIpc) is 2.95. The lowest BCUT2D eigenvalue weighted by Crippen LogP contribution is -2.61. The summed E-state index contributed by atoms with van der Waals surface area (Å²) in [5, 5.41) is 6.15. The van der Waals surface area contributed by atoms with E-state index in [2.05, 4.69) is 38.8 Å². The third-order valence-electron chi connectivity index (χ3n) is 8.19. The van der Waals surface area contributed by atoms with Crippen molar-refractivity contribution in [2.45, 2.75) is 57.5 Å². The van der Waals surface area contributed by atoms with Crippen molar-refractivity contribution in [2.24, 2.45) is 0 Å². The molecule has 2 fully saturated rings. The molecule has 3 aromatic rings. The van der Waals surface area contributed by atoms with Crippen molar-refractivity contribution >= 4 is 57.7 Å². The Kier molecular flexibility index (Phi) is 9.48. The standard InChI is InChI=1S/C29H32Cl3F3N6O2/c1-16-13-41(17(2)12-40(16)20-5-7-39(8-6-20)14-18-3-4-21(30)22(31)9-18)28-23(32)10-19(11-36-28)38-25-24(26(42)27(25)43)37-15-29(33,34)35/h3-4,9-11,16-17,20,37-38H,5-8,12-15H2,1-2H3/t16-,17+/m1/s1. The third kappa shape index (κ3) is 7.23. The summed E-state index contributed by atoms with van der Waals surface area (Å²) in [4.78, 5) is 35.5.